The summed E-state index contributed by atoms with van der Waals surface area (Å²) < 4.78 is 54.1. The van der Waals surface area contributed by atoms with E-state index in [-0.39, 0.29) is 12.4 Å². The van der Waals surface area contributed by atoms with Crippen LogP contribution >= 0.6 is 34.2 Å². The van der Waals surface area contributed by atoms with Gasteiger partial charge in [0.1, 0.15) is 28.0 Å². The smallest absolute Gasteiger partial charge is 0.470 e. The fourth-order valence-corrected chi connectivity index (χ4v) is 3.74. The number of hydrogen-bond acceptors (Lipinski definition) is 10. The summed E-state index contributed by atoms with van der Waals surface area (Å²) in [4.78, 5) is 4.28. The van der Waals surface area contributed by atoms with Crippen LogP contribution in [0.4, 0.5) is 13.2 Å². The Hall–Kier alpha value is -4.12. The Labute approximate surface area is 262 Å². The summed E-state index contributed by atoms with van der Waals surface area (Å²) in [6.07, 6.45) is 6.20. The van der Waals surface area contributed by atoms with Crippen LogP contribution in [0, 0.1) is 3.70 Å². The Morgan fingerprint density at radius 2 is 1.77 bits per heavy atom. The topological polar surface area (TPSA) is 127 Å². The molecule has 4 aromatic heterocycles. The van der Waals surface area contributed by atoms with Gasteiger partial charge in [-0.25, -0.2) is 4.98 Å². The molecule has 0 saturated heterocycles. The predicted molar refractivity (Wildman–Crippen MR) is 158 cm³/mol. The normalized spacial score (nSPS) is 11.3. The summed E-state index contributed by atoms with van der Waals surface area (Å²) in [5, 5.41) is 23.7. The van der Waals surface area contributed by atoms with E-state index in [9.17, 15) is 13.2 Å². The van der Waals surface area contributed by atoms with E-state index < -0.39 is 6.36 Å². The van der Waals surface area contributed by atoms with Gasteiger partial charge in [-0.3, -0.25) is 4.68 Å². The molecule has 4 heterocycles. The molecule has 16 heteroatoms. The first-order chi connectivity index (χ1) is 20.7. The van der Waals surface area contributed by atoms with E-state index in [4.69, 9.17) is 20.8 Å². The quantitative estimate of drug-likeness (QED) is 0.111. The lowest BCUT2D eigenvalue weighted by atomic mass is 10.2. The molecule has 0 aliphatic rings. The first kappa shape index (κ1) is 31.8. The zero-order chi connectivity index (χ0) is 30.5. The van der Waals surface area contributed by atoms with Crippen molar-refractivity contribution in [2.75, 3.05) is 0 Å². The summed E-state index contributed by atoms with van der Waals surface area (Å²) in [7, 11) is 0. The lowest BCUT2D eigenvalue weighted by Crippen LogP contribution is -2.16. The Morgan fingerprint density at radius 3 is 2.42 bits per heavy atom. The number of oxazole rings is 1. The highest BCUT2D eigenvalue weighted by molar-refractivity contribution is 14.1. The molecule has 5 rings (SSSR count). The molecule has 5 aromatic rings. The van der Waals surface area contributed by atoms with Crippen LogP contribution in [0.2, 0.25) is 5.15 Å². The average molecular weight is 727 g/mol. The van der Waals surface area contributed by atoms with Crippen molar-refractivity contribution in [3.63, 3.8) is 0 Å². The highest BCUT2D eigenvalue weighted by Gasteiger charge is 2.30. The fraction of sp³-hybridized carbons (Fsp3) is 0.222. The molecule has 0 fully saturated rings. The maximum atomic E-state index is 12.2. The summed E-state index contributed by atoms with van der Waals surface area (Å²) in [5.74, 6) is 0.411. The molecule has 0 aliphatic heterocycles. The van der Waals surface area contributed by atoms with Gasteiger partial charge in [0.05, 0.1) is 11.9 Å². The van der Waals surface area contributed by atoms with Gasteiger partial charge >= 0.3 is 6.36 Å². The number of rotatable bonds is 11. The zero-order valence-corrected chi connectivity index (χ0v) is 25.1. The third-order valence-electron chi connectivity index (χ3n) is 5.31. The van der Waals surface area contributed by atoms with E-state index in [0.717, 1.165) is 35.2 Å². The Morgan fingerprint density at radius 1 is 0.930 bits per heavy atom. The maximum Gasteiger partial charge on any atom is 0.573 e. The second-order valence-corrected chi connectivity index (χ2v) is 10.1. The second kappa shape index (κ2) is 15.9. The molecular formula is C27H23ClF3IN8O3. The van der Waals surface area contributed by atoms with Crippen molar-refractivity contribution in [1.82, 2.24) is 40.4 Å². The van der Waals surface area contributed by atoms with E-state index in [1.165, 1.54) is 30.5 Å². The second-order valence-electron chi connectivity index (χ2n) is 8.58. The van der Waals surface area contributed by atoms with Crippen LogP contribution in [0.3, 0.4) is 0 Å². The monoisotopic (exact) mass is 726 g/mol. The van der Waals surface area contributed by atoms with E-state index >= 15 is 0 Å². The minimum atomic E-state index is -4.72. The maximum absolute atomic E-state index is 12.2. The van der Waals surface area contributed by atoms with Gasteiger partial charge < -0.3 is 13.9 Å². The third-order valence-corrected chi connectivity index (χ3v) is 6.08. The summed E-state index contributed by atoms with van der Waals surface area (Å²) in [5.41, 5.74) is 2.09. The fourth-order valence-electron chi connectivity index (χ4n) is 3.35. The van der Waals surface area contributed by atoms with Gasteiger partial charge in [0.2, 0.25) is 11.8 Å². The molecule has 43 heavy (non-hydrogen) atoms. The number of ether oxygens (including phenoxy) is 2. The Balaban J connectivity index is 0.000000458. The number of nitrogens with zero attached hydrogens (tertiary/aromatic N) is 8. The first-order valence-corrected chi connectivity index (χ1v) is 14.1. The lowest BCUT2D eigenvalue weighted by molar-refractivity contribution is -0.274. The van der Waals surface area contributed by atoms with Crippen molar-refractivity contribution in [3.05, 3.63) is 98.9 Å². The van der Waals surface area contributed by atoms with Crippen molar-refractivity contribution in [2.45, 2.75) is 38.8 Å². The molecule has 0 bridgehead atoms. The van der Waals surface area contributed by atoms with E-state index in [1.54, 1.807) is 41.2 Å². The number of unbranched alkanes of at least 4 members (excludes halogenated alkanes) is 1. The zero-order valence-electron chi connectivity index (χ0n) is 22.2. The largest absolute Gasteiger partial charge is 0.573 e. The molecule has 0 radical (unpaired) electrons. The van der Waals surface area contributed by atoms with Gasteiger partial charge in [-0.15, -0.1) is 33.6 Å². The van der Waals surface area contributed by atoms with Gasteiger partial charge in [-0.1, -0.05) is 28.9 Å². The van der Waals surface area contributed by atoms with E-state index in [0.29, 0.717) is 28.2 Å². The molecule has 0 aliphatic carbocycles. The molecule has 224 valence electrons. The number of aromatic nitrogens is 8. The number of aryl methyl sites for hydroxylation is 2. The molecular weight excluding hydrogens is 704 g/mol. The molecule has 0 saturated carbocycles. The van der Waals surface area contributed by atoms with Crippen LogP contribution in [-0.4, -0.2) is 46.7 Å². The SMILES string of the molecule is Clc1ccc(I)nn1.FC(F)(F)Oc1ccc(C=Cc2nc(COc3ccc(CCCCn4ccnn4)nn3)co2)cc1. The summed E-state index contributed by atoms with van der Waals surface area (Å²) >= 11 is 7.50. The standard InChI is InChI=1S/C23H21F3N6O3.C4H2ClIN2/c24-23(25,26)35-20-8-4-17(5-9-20)6-10-21-28-19(15-33-21)16-34-22-11-7-18(29-30-22)3-1-2-13-32-14-12-27-31-32;5-3-1-2-4(6)8-7-3/h4-12,14-15H,1-3,13,16H2;1-2H. The van der Waals surface area contributed by atoms with Gasteiger partial charge in [0.15, 0.2) is 5.15 Å². The molecule has 1 aromatic carbocycles. The molecule has 0 unspecified atom stereocenters. The van der Waals surface area contributed by atoms with E-state index in [2.05, 4.69) is 63.0 Å². The highest BCUT2D eigenvalue weighted by Crippen LogP contribution is 2.23. The van der Waals surface area contributed by atoms with Gasteiger partial charge in [0.25, 0.3) is 0 Å². The predicted octanol–water partition coefficient (Wildman–Crippen LogP) is 6.46. The van der Waals surface area contributed by atoms with Crippen LogP contribution in [-0.2, 0) is 19.6 Å². The van der Waals surface area contributed by atoms with Crippen LogP contribution < -0.4 is 9.47 Å². The first-order valence-electron chi connectivity index (χ1n) is 12.6. The molecule has 11 nitrogen and oxygen atoms in total. The van der Waals surface area contributed by atoms with Crippen LogP contribution in [0.5, 0.6) is 11.6 Å². The van der Waals surface area contributed by atoms with Crippen molar-refractivity contribution >= 4 is 46.3 Å². The van der Waals surface area contributed by atoms with Gasteiger partial charge in [-0.2, -0.15) is 5.10 Å². The minimum Gasteiger partial charge on any atom is -0.470 e. The van der Waals surface area contributed by atoms with Crippen molar-refractivity contribution in [2.24, 2.45) is 0 Å². The third kappa shape index (κ3) is 12.0. The van der Waals surface area contributed by atoms with Crippen LogP contribution in [0.1, 0.15) is 35.7 Å². The molecule has 0 spiro atoms. The molecule has 0 atom stereocenters. The van der Waals surface area contributed by atoms with Crippen LogP contribution in [0.15, 0.2) is 71.6 Å². The van der Waals surface area contributed by atoms with Crippen LogP contribution in [0.25, 0.3) is 12.2 Å². The number of halogens is 5. The Bertz CT molecular complexity index is 1530. The average Bonchev–Trinajstić information content (AvgIpc) is 3.68. The number of alkyl halides is 3. The van der Waals surface area contributed by atoms with E-state index in [1.807, 2.05) is 12.3 Å². The van der Waals surface area contributed by atoms with Gasteiger partial charge in [0, 0.05) is 24.9 Å². The van der Waals surface area contributed by atoms with Crippen molar-refractivity contribution < 1.29 is 27.1 Å². The summed E-state index contributed by atoms with van der Waals surface area (Å²) in [6.45, 7) is 0.958. The number of hydrogen-bond donors (Lipinski definition) is 0. The molecule has 0 amide bonds. The number of benzene rings is 1. The van der Waals surface area contributed by atoms with Crippen molar-refractivity contribution in [1.29, 1.82) is 0 Å². The van der Waals surface area contributed by atoms with Crippen molar-refractivity contribution in [3.8, 4) is 11.6 Å². The Kier molecular flexibility index (Phi) is 11.8. The minimum absolute atomic E-state index is 0.146. The summed E-state index contributed by atoms with van der Waals surface area (Å²) in [6, 6.07) is 12.6. The lowest BCUT2D eigenvalue weighted by Gasteiger charge is -2.08. The molecule has 0 N–H and O–H groups in total. The highest BCUT2D eigenvalue weighted by atomic mass is 127. The van der Waals surface area contributed by atoms with Gasteiger partial charge in [-0.05, 0) is 83.8 Å².